The molecule has 1 aliphatic rings. The third kappa shape index (κ3) is 3.08. The van der Waals surface area contributed by atoms with Crippen LogP contribution in [0.4, 0.5) is 8.78 Å². The summed E-state index contributed by atoms with van der Waals surface area (Å²) in [5, 5.41) is 0.665. The van der Waals surface area contributed by atoms with Crippen molar-refractivity contribution in [2.45, 2.75) is 19.8 Å². The van der Waals surface area contributed by atoms with Gasteiger partial charge in [0.25, 0.3) is 0 Å². The molecule has 1 aromatic rings. The van der Waals surface area contributed by atoms with Crippen LogP contribution in [-0.2, 0) is 0 Å². The lowest BCUT2D eigenvalue weighted by molar-refractivity contribution is 0.550. The van der Waals surface area contributed by atoms with Gasteiger partial charge in [0.05, 0.1) is 0 Å². The summed E-state index contributed by atoms with van der Waals surface area (Å²) in [4.78, 5) is 0. The average molecular weight is 267 g/mol. The molecule has 0 saturated carbocycles. The first-order chi connectivity index (χ1) is 8.56. The number of hydrogen-bond acceptors (Lipinski definition) is 0. The third-order valence-electron chi connectivity index (χ3n) is 2.91. The minimum atomic E-state index is -0.471. The Hall–Kier alpha value is -1.41. The van der Waals surface area contributed by atoms with Gasteiger partial charge in [-0.15, -0.1) is 0 Å². The molecule has 0 nitrogen and oxygen atoms in total. The van der Waals surface area contributed by atoms with E-state index in [0.29, 0.717) is 17.0 Å². The number of benzene rings is 1. The zero-order chi connectivity index (χ0) is 13.1. The molecular weight excluding hydrogens is 254 g/mol. The highest BCUT2D eigenvalue weighted by atomic mass is 35.5. The summed E-state index contributed by atoms with van der Waals surface area (Å²) >= 11 is 5.80. The maximum atomic E-state index is 13.6. The second-order valence-electron chi connectivity index (χ2n) is 4.30. The van der Waals surface area contributed by atoms with Crippen LogP contribution in [0.2, 0.25) is 5.02 Å². The van der Waals surface area contributed by atoms with Gasteiger partial charge in [0.15, 0.2) is 0 Å². The van der Waals surface area contributed by atoms with E-state index in [4.69, 9.17) is 11.6 Å². The monoisotopic (exact) mass is 266 g/mol. The number of halogens is 3. The van der Waals surface area contributed by atoms with Crippen LogP contribution in [-0.4, -0.2) is 0 Å². The highest BCUT2D eigenvalue weighted by Gasteiger charge is 2.14. The molecule has 1 aromatic carbocycles. The predicted octanol–water partition coefficient (Wildman–Crippen LogP) is 5.61. The van der Waals surface area contributed by atoms with E-state index in [2.05, 4.69) is 0 Å². The molecule has 0 fully saturated rings. The molecule has 0 saturated heterocycles. The summed E-state index contributed by atoms with van der Waals surface area (Å²) in [6, 6.07) is 7.30. The fourth-order valence-corrected chi connectivity index (χ4v) is 2.07. The maximum Gasteiger partial charge on any atom is 0.129 e. The van der Waals surface area contributed by atoms with Gasteiger partial charge in [-0.3, -0.25) is 0 Å². The van der Waals surface area contributed by atoms with E-state index in [1.54, 1.807) is 12.1 Å². The van der Waals surface area contributed by atoms with Gasteiger partial charge < -0.3 is 0 Å². The lowest BCUT2D eigenvalue weighted by Crippen LogP contribution is -1.96. The summed E-state index contributed by atoms with van der Waals surface area (Å²) in [6.07, 6.45) is 3.53. The fraction of sp³-hybridized carbons (Fsp3) is 0.200. The molecule has 3 heteroatoms. The molecule has 0 bridgehead atoms. The van der Waals surface area contributed by atoms with Gasteiger partial charge in [0, 0.05) is 17.5 Å². The smallest absolute Gasteiger partial charge is 0.129 e. The van der Waals surface area contributed by atoms with Crippen molar-refractivity contribution < 1.29 is 8.78 Å². The normalized spacial score (nSPS) is 16.9. The maximum absolute atomic E-state index is 13.6. The van der Waals surface area contributed by atoms with Gasteiger partial charge in [0.1, 0.15) is 11.7 Å². The molecule has 1 aliphatic carbocycles. The summed E-state index contributed by atoms with van der Waals surface area (Å²) in [5.41, 5.74) is 2.34. The van der Waals surface area contributed by atoms with Gasteiger partial charge >= 0.3 is 0 Å². The molecule has 2 rings (SSSR count). The van der Waals surface area contributed by atoms with E-state index in [1.807, 2.05) is 25.1 Å². The Kier molecular flexibility index (Phi) is 3.97. The predicted molar refractivity (Wildman–Crippen MR) is 71.7 cm³/mol. The summed E-state index contributed by atoms with van der Waals surface area (Å²) in [7, 11) is 0. The minimum Gasteiger partial charge on any atom is -0.212 e. The van der Waals surface area contributed by atoms with Crippen LogP contribution in [0, 0.1) is 0 Å². The summed E-state index contributed by atoms with van der Waals surface area (Å²) < 4.78 is 26.5. The number of allylic oxidation sites excluding steroid dienone is 5. The van der Waals surface area contributed by atoms with E-state index in [-0.39, 0.29) is 6.42 Å². The highest BCUT2D eigenvalue weighted by Crippen LogP contribution is 2.31. The van der Waals surface area contributed by atoms with Gasteiger partial charge in [-0.05, 0) is 42.2 Å². The van der Waals surface area contributed by atoms with E-state index in [1.165, 1.54) is 0 Å². The van der Waals surface area contributed by atoms with E-state index in [0.717, 1.165) is 17.2 Å². The number of rotatable bonds is 2. The van der Waals surface area contributed by atoms with Crippen LogP contribution in [0.3, 0.4) is 0 Å². The first-order valence-electron chi connectivity index (χ1n) is 5.75. The molecule has 0 spiro atoms. The zero-order valence-electron chi connectivity index (χ0n) is 10.0. The molecule has 94 valence electrons. The summed E-state index contributed by atoms with van der Waals surface area (Å²) in [6.45, 7) is 1.83. The Bertz CT molecular complexity index is 536. The molecular formula is C15H13ClF2. The molecule has 0 unspecified atom stereocenters. The SMILES string of the molecule is CC(=Cc1ccc(Cl)cc1)C1=C(F)C=C(F)CC1. The zero-order valence-corrected chi connectivity index (χ0v) is 10.8. The van der Waals surface area contributed by atoms with Crippen molar-refractivity contribution in [1.29, 1.82) is 0 Å². The van der Waals surface area contributed by atoms with Crippen molar-refractivity contribution in [3.8, 4) is 0 Å². The Morgan fingerprint density at radius 3 is 2.44 bits per heavy atom. The molecule has 0 heterocycles. The first-order valence-corrected chi connectivity index (χ1v) is 6.13. The second kappa shape index (κ2) is 5.49. The second-order valence-corrected chi connectivity index (χ2v) is 4.73. The van der Waals surface area contributed by atoms with Crippen LogP contribution in [0.15, 0.2) is 53.1 Å². The van der Waals surface area contributed by atoms with Crippen molar-refractivity contribution in [2.75, 3.05) is 0 Å². The van der Waals surface area contributed by atoms with Crippen LogP contribution in [0.25, 0.3) is 6.08 Å². The Balaban J connectivity index is 2.29. The molecule has 0 radical (unpaired) electrons. The lowest BCUT2D eigenvalue weighted by atomic mass is 9.95. The first kappa shape index (κ1) is 13.0. The minimum absolute atomic E-state index is 0.272. The van der Waals surface area contributed by atoms with Crippen molar-refractivity contribution in [3.63, 3.8) is 0 Å². The van der Waals surface area contributed by atoms with Crippen LogP contribution < -0.4 is 0 Å². The highest BCUT2D eigenvalue weighted by molar-refractivity contribution is 6.30. The van der Waals surface area contributed by atoms with Gasteiger partial charge in [-0.25, -0.2) is 8.78 Å². The molecule has 18 heavy (non-hydrogen) atoms. The van der Waals surface area contributed by atoms with Crippen molar-refractivity contribution in [1.82, 2.24) is 0 Å². The Morgan fingerprint density at radius 2 is 1.83 bits per heavy atom. The molecule has 0 atom stereocenters. The number of hydrogen-bond donors (Lipinski definition) is 0. The fourth-order valence-electron chi connectivity index (χ4n) is 1.94. The average Bonchev–Trinajstić information content (AvgIpc) is 2.32. The topological polar surface area (TPSA) is 0 Å². The van der Waals surface area contributed by atoms with Crippen LogP contribution >= 0.6 is 11.6 Å². The quantitative estimate of drug-likeness (QED) is 0.652. The van der Waals surface area contributed by atoms with Crippen molar-refractivity contribution >= 4 is 17.7 Å². The molecule has 0 aliphatic heterocycles. The van der Waals surface area contributed by atoms with Crippen LogP contribution in [0.1, 0.15) is 25.3 Å². The molecule has 0 aromatic heterocycles. The Labute approximate surface area is 110 Å². The third-order valence-corrected chi connectivity index (χ3v) is 3.17. The lowest BCUT2D eigenvalue weighted by Gasteiger charge is -2.12. The van der Waals surface area contributed by atoms with Crippen molar-refractivity contribution in [2.24, 2.45) is 0 Å². The standard InChI is InChI=1S/C15H13ClF2/c1-10(8-11-2-4-12(16)5-3-11)14-7-6-13(17)9-15(14)18/h2-5,8-9H,6-7H2,1H3. The largest absolute Gasteiger partial charge is 0.212 e. The molecule has 0 amide bonds. The van der Waals surface area contributed by atoms with Gasteiger partial charge in [0.2, 0.25) is 0 Å². The van der Waals surface area contributed by atoms with E-state index in [9.17, 15) is 8.78 Å². The van der Waals surface area contributed by atoms with Gasteiger partial charge in [-0.1, -0.05) is 29.8 Å². The van der Waals surface area contributed by atoms with Crippen LogP contribution in [0.5, 0.6) is 0 Å². The van der Waals surface area contributed by atoms with E-state index >= 15 is 0 Å². The summed E-state index contributed by atoms with van der Waals surface area (Å²) in [5.74, 6) is -0.864. The van der Waals surface area contributed by atoms with Gasteiger partial charge in [-0.2, -0.15) is 0 Å². The molecule has 0 N–H and O–H groups in total. The Morgan fingerprint density at radius 1 is 1.17 bits per heavy atom. The van der Waals surface area contributed by atoms with Crippen molar-refractivity contribution in [3.05, 3.63) is 63.7 Å². The van der Waals surface area contributed by atoms with E-state index < -0.39 is 11.7 Å².